The smallest absolute Gasteiger partial charge is 0.0962 e. The molecule has 0 bridgehead atoms. The van der Waals surface area contributed by atoms with Crippen LogP contribution in [0, 0.1) is 0 Å². The van der Waals surface area contributed by atoms with Crippen LogP contribution in [0.1, 0.15) is 66.7 Å². The zero-order valence-electron chi connectivity index (χ0n) is 18.2. The lowest BCUT2D eigenvalue weighted by Gasteiger charge is -2.38. The van der Waals surface area contributed by atoms with Crippen molar-refractivity contribution < 1.29 is 0 Å². The molecule has 162 valence electrons. The van der Waals surface area contributed by atoms with Crippen molar-refractivity contribution in [2.45, 2.75) is 50.0 Å². The Morgan fingerprint density at radius 1 is 0.774 bits per heavy atom. The van der Waals surface area contributed by atoms with Gasteiger partial charge in [-0.2, -0.15) is 0 Å². The fraction of sp³-hybridized carbons (Fsp3) is 0.357. The number of benzene rings is 3. The lowest BCUT2D eigenvalue weighted by Crippen LogP contribution is -2.46. The number of hydrogen-bond donors (Lipinski definition) is 2. The maximum absolute atomic E-state index is 6.79. The molecule has 1 saturated carbocycles. The van der Waals surface area contributed by atoms with E-state index in [9.17, 15) is 0 Å². The molecule has 1 aliphatic carbocycles. The Morgan fingerprint density at radius 3 is 2.03 bits per heavy atom. The number of rotatable bonds is 7. The molecule has 0 radical (unpaired) electrons. The average molecular weight is 433 g/mol. The molecule has 0 aliphatic heterocycles. The Bertz CT molecular complexity index is 946. The summed E-state index contributed by atoms with van der Waals surface area (Å²) < 4.78 is 0. The number of nitrogens with one attached hydrogen (secondary N) is 1. The van der Waals surface area contributed by atoms with Gasteiger partial charge < -0.3 is 5.73 Å². The van der Waals surface area contributed by atoms with Crippen LogP contribution in [0.5, 0.6) is 0 Å². The fourth-order valence-electron chi connectivity index (χ4n) is 5.11. The first kappa shape index (κ1) is 22.1. The molecule has 0 aromatic heterocycles. The molecule has 3 heteroatoms. The zero-order chi connectivity index (χ0) is 21.5. The van der Waals surface area contributed by atoms with Gasteiger partial charge in [0.15, 0.2) is 0 Å². The second kappa shape index (κ2) is 10.5. The van der Waals surface area contributed by atoms with Crippen molar-refractivity contribution in [3.8, 4) is 0 Å². The summed E-state index contributed by atoms with van der Waals surface area (Å²) in [5, 5.41) is 4.53. The van der Waals surface area contributed by atoms with Crippen LogP contribution in [-0.2, 0) is 5.54 Å². The first-order chi connectivity index (χ1) is 15.3. The Hall–Kier alpha value is -2.13. The molecular formula is C28H33ClN2. The first-order valence-electron chi connectivity index (χ1n) is 11.6. The highest BCUT2D eigenvalue weighted by Gasteiger charge is 2.37. The minimum Gasteiger partial charge on any atom is -0.329 e. The normalized spacial score (nSPS) is 17.1. The summed E-state index contributed by atoms with van der Waals surface area (Å²) >= 11 is 6.79. The molecule has 2 nitrogen and oxygen atoms in total. The molecule has 1 aliphatic rings. The lowest BCUT2D eigenvalue weighted by molar-refractivity contribution is 0.479. The molecule has 31 heavy (non-hydrogen) atoms. The van der Waals surface area contributed by atoms with Crippen molar-refractivity contribution in [1.82, 2.24) is 5.32 Å². The summed E-state index contributed by atoms with van der Waals surface area (Å²) in [4.78, 5) is 0. The second-order valence-corrected chi connectivity index (χ2v) is 9.03. The standard InChI is InChI=1S/C28H33ClN2/c29-27-15-9-8-14-26(27)28(31-21-20-30,24-12-6-3-7-13-24)25-18-16-23(17-19-25)22-10-4-1-2-5-11-22/h3,6-9,12-19,22,31H,1-2,4-5,10-11,20-21,30H2. The number of nitrogens with two attached hydrogens (primary N) is 1. The van der Waals surface area contributed by atoms with Crippen LogP contribution in [0.2, 0.25) is 5.02 Å². The Balaban J connectivity index is 1.83. The Labute approximate surface area is 191 Å². The van der Waals surface area contributed by atoms with Crippen LogP contribution in [0.25, 0.3) is 0 Å². The van der Waals surface area contributed by atoms with Gasteiger partial charge in [-0.3, -0.25) is 5.32 Å². The highest BCUT2D eigenvalue weighted by Crippen LogP contribution is 2.41. The molecule has 0 amide bonds. The van der Waals surface area contributed by atoms with Gasteiger partial charge >= 0.3 is 0 Å². The van der Waals surface area contributed by atoms with Crippen molar-refractivity contribution in [2.75, 3.05) is 13.1 Å². The fourth-order valence-corrected chi connectivity index (χ4v) is 5.39. The topological polar surface area (TPSA) is 38.0 Å². The minimum atomic E-state index is -0.555. The summed E-state index contributed by atoms with van der Waals surface area (Å²) in [5.74, 6) is 0.681. The molecule has 3 aromatic carbocycles. The van der Waals surface area contributed by atoms with Gasteiger partial charge in [-0.15, -0.1) is 0 Å². The van der Waals surface area contributed by atoms with E-state index in [1.807, 2.05) is 12.1 Å². The van der Waals surface area contributed by atoms with Gasteiger partial charge in [-0.1, -0.05) is 110 Å². The van der Waals surface area contributed by atoms with Gasteiger partial charge in [0.2, 0.25) is 0 Å². The van der Waals surface area contributed by atoms with Crippen LogP contribution in [-0.4, -0.2) is 13.1 Å². The molecule has 0 saturated heterocycles. The third kappa shape index (κ3) is 4.72. The van der Waals surface area contributed by atoms with E-state index in [-0.39, 0.29) is 0 Å². The molecule has 3 aromatic rings. The van der Waals surface area contributed by atoms with Gasteiger partial charge in [0.05, 0.1) is 5.54 Å². The van der Waals surface area contributed by atoms with Gasteiger partial charge in [0.1, 0.15) is 0 Å². The van der Waals surface area contributed by atoms with Crippen LogP contribution < -0.4 is 11.1 Å². The van der Waals surface area contributed by atoms with Crippen molar-refractivity contribution in [3.63, 3.8) is 0 Å². The molecule has 1 fully saturated rings. The number of halogens is 1. The van der Waals surface area contributed by atoms with E-state index < -0.39 is 5.54 Å². The van der Waals surface area contributed by atoms with E-state index in [1.54, 1.807) is 0 Å². The maximum Gasteiger partial charge on any atom is 0.0962 e. The predicted octanol–water partition coefficient (Wildman–Crippen LogP) is 6.62. The lowest BCUT2D eigenvalue weighted by atomic mass is 9.76. The van der Waals surface area contributed by atoms with E-state index in [0.717, 1.165) is 10.6 Å². The monoisotopic (exact) mass is 432 g/mol. The van der Waals surface area contributed by atoms with Gasteiger partial charge in [-0.25, -0.2) is 0 Å². The summed E-state index contributed by atoms with van der Waals surface area (Å²) in [6.45, 7) is 1.24. The Morgan fingerprint density at radius 2 is 1.39 bits per heavy atom. The highest BCUT2D eigenvalue weighted by molar-refractivity contribution is 6.31. The zero-order valence-corrected chi connectivity index (χ0v) is 19.0. The average Bonchev–Trinajstić information content (AvgIpc) is 3.11. The largest absolute Gasteiger partial charge is 0.329 e. The van der Waals surface area contributed by atoms with Crippen LogP contribution in [0.4, 0.5) is 0 Å². The molecule has 3 N–H and O–H groups in total. The summed E-state index contributed by atoms with van der Waals surface area (Å²) in [6, 6.07) is 28.0. The van der Waals surface area contributed by atoms with E-state index in [0.29, 0.717) is 19.0 Å². The van der Waals surface area contributed by atoms with E-state index in [2.05, 4.69) is 72.0 Å². The molecule has 1 unspecified atom stereocenters. The first-order valence-corrected chi connectivity index (χ1v) is 12.0. The van der Waals surface area contributed by atoms with Crippen LogP contribution >= 0.6 is 11.6 Å². The summed E-state index contributed by atoms with van der Waals surface area (Å²) in [5.41, 5.74) is 10.3. The second-order valence-electron chi connectivity index (χ2n) is 8.62. The number of hydrogen-bond acceptors (Lipinski definition) is 2. The third-order valence-electron chi connectivity index (χ3n) is 6.69. The minimum absolute atomic E-state index is 0.555. The van der Waals surface area contributed by atoms with Crippen molar-refractivity contribution in [2.24, 2.45) is 5.73 Å². The third-order valence-corrected chi connectivity index (χ3v) is 7.02. The van der Waals surface area contributed by atoms with Crippen molar-refractivity contribution >= 4 is 11.6 Å². The van der Waals surface area contributed by atoms with Crippen LogP contribution in [0.15, 0.2) is 78.9 Å². The van der Waals surface area contributed by atoms with Crippen molar-refractivity contribution in [3.05, 3.63) is 106 Å². The maximum atomic E-state index is 6.79. The van der Waals surface area contributed by atoms with Gasteiger partial charge in [-0.05, 0) is 47.1 Å². The van der Waals surface area contributed by atoms with Crippen LogP contribution in [0.3, 0.4) is 0 Å². The van der Waals surface area contributed by atoms with Crippen molar-refractivity contribution in [1.29, 1.82) is 0 Å². The molecule has 0 spiro atoms. The van der Waals surface area contributed by atoms with E-state index >= 15 is 0 Å². The quantitative estimate of drug-likeness (QED) is 0.325. The highest BCUT2D eigenvalue weighted by atomic mass is 35.5. The van der Waals surface area contributed by atoms with E-state index in [4.69, 9.17) is 17.3 Å². The molecule has 4 rings (SSSR count). The summed E-state index contributed by atoms with van der Waals surface area (Å²) in [7, 11) is 0. The molecular weight excluding hydrogens is 400 g/mol. The predicted molar refractivity (Wildman–Crippen MR) is 132 cm³/mol. The Kier molecular flexibility index (Phi) is 7.45. The molecule has 0 heterocycles. The van der Waals surface area contributed by atoms with Gasteiger partial charge in [0, 0.05) is 18.1 Å². The SMILES string of the molecule is NCCNC(c1ccccc1)(c1ccc(C2CCCCCC2)cc1)c1ccccc1Cl. The van der Waals surface area contributed by atoms with E-state index in [1.165, 1.54) is 55.2 Å². The van der Waals surface area contributed by atoms with Gasteiger partial charge in [0.25, 0.3) is 0 Å². The molecule has 1 atom stereocenters. The summed E-state index contributed by atoms with van der Waals surface area (Å²) in [6.07, 6.45) is 8.05.